The average molecular weight is 115 g/mol. The normalized spacial score (nSPS) is 32.6. The van der Waals surface area contributed by atoms with Gasteiger partial charge in [0.2, 0.25) is 0 Å². The van der Waals surface area contributed by atoms with E-state index in [0.29, 0.717) is 0 Å². The Morgan fingerprint density at radius 2 is 2.38 bits per heavy atom. The van der Waals surface area contributed by atoms with E-state index in [-0.39, 0.29) is 12.3 Å². The van der Waals surface area contributed by atoms with Gasteiger partial charge in [0, 0.05) is 5.92 Å². The first-order chi connectivity index (χ1) is 3.85. The number of rotatable bonds is 1. The van der Waals surface area contributed by atoms with Crippen molar-refractivity contribution < 1.29 is 9.13 Å². The second-order valence-corrected chi connectivity index (χ2v) is 2.71. The summed E-state index contributed by atoms with van der Waals surface area (Å²) >= 11 is 0. The van der Waals surface area contributed by atoms with Crippen molar-refractivity contribution in [2.75, 3.05) is 13.3 Å². The summed E-state index contributed by atoms with van der Waals surface area (Å²) in [6.45, 7) is 0.431. The van der Waals surface area contributed by atoms with Gasteiger partial charge in [0.25, 0.3) is 0 Å². The van der Waals surface area contributed by atoms with Crippen LogP contribution in [0.3, 0.4) is 0 Å². The summed E-state index contributed by atoms with van der Waals surface area (Å²) in [6.07, 6.45) is 1.78. The van der Waals surface area contributed by atoms with Crippen molar-refractivity contribution in [3.63, 3.8) is 0 Å². The second-order valence-electron chi connectivity index (χ2n) is 2.71. The Morgan fingerprint density at radius 1 is 1.62 bits per heavy atom. The number of hydrogen-bond acceptors (Lipinski definition) is 1. The van der Waals surface area contributed by atoms with E-state index >= 15 is 0 Å². The quantitative estimate of drug-likeness (QED) is 0.497. The second kappa shape index (κ2) is 1.24. The zero-order valence-corrected chi connectivity index (χ0v) is 4.61. The highest BCUT2D eigenvalue weighted by atomic mass is 19.1. The van der Waals surface area contributed by atoms with E-state index in [0.717, 1.165) is 19.4 Å². The zero-order valence-electron chi connectivity index (χ0n) is 4.61. The van der Waals surface area contributed by atoms with Crippen molar-refractivity contribution >= 4 is 0 Å². The van der Waals surface area contributed by atoms with Crippen LogP contribution < -0.4 is 0 Å². The number of alkyl halides is 1. The summed E-state index contributed by atoms with van der Waals surface area (Å²) in [6, 6.07) is 0. The molecule has 1 radical (unpaired) electrons. The minimum absolute atomic E-state index is 0.295. The molecule has 0 amide bonds. The minimum atomic E-state index is -0.324. The molecule has 3 aliphatic rings. The Morgan fingerprint density at radius 3 is 2.62 bits per heavy atom. The number of hydrogen-bond donors (Lipinski definition) is 0. The van der Waals surface area contributed by atoms with Crippen LogP contribution in [0.4, 0.5) is 4.39 Å². The maximum absolute atomic E-state index is 12.0. The molecular weight excluding hydrogens is 107 g/mol. The Balaban J connectivity index is 2.09. The van der Waals surface area contributed by atoms with Gasteiger partial charge in [-0.25, -0.2) is 4.39 Å². The standard InChI is InChI=1S/C6H8FO/c7-4-6-1-5(2-6)3-8-6/h1-4H2. The highest BCUT2D eigenvalue weighted by Gasteiger charge is 2.52. The first-order valence-electron chi connectivity index (χ1n) is 2.88. The first-order valence-corrected chi connectivity index (χ1v) is 2.88. The van der Waals surface area contributed by atoms with E-state index < -0.39 is 0 Å². The van der Waals surface area contributed by atoms with Crippen LogP contribution >= 0.6 is 0 Å². The maximum atomic E-state index is 12.0. The van der Waals surface area contributed by atoms with Crippen molar-refractivity contribution in [3.8, 4) is 0 Å². The van der Waals surface area contributed by atoms with Crippen LogP contribution in [0, 0.1) is 5.92 Å². The Bertz CT molecular complexity index is 102. The smallest absolute Gasteiger partial charge is 0.118 e. The van der Waals surface area contributed by atoms with Gasteiger partial charge in [0.15, 0.2) is 0 Å². The SMILES string of the molecule is FCC12C[C](CO1)C2. The molecule has 0 spiro atoms. The van der Waals surface area contributed by atoms with Crippen LogP contribution in [0.2, 0.25) is 0 Å². The van der Waals surface area contributed by atoms with Gasteiger partial charge in [-0.1, -0.05) is 0 Å². The van der Waals surface area contributed by atoms with E-state index in [2.05, 4.69) is 0 Å². The van der Waals surface area contributed by atoms with Crippen LogP contribution in [0.25, 0.3) is 0 Å². The van der Waals surface area contributed by atoms with Gasteiger partial charge in [0.1, 0.15) is 6.67 Å². The van der Waals surface area contributed by atoms with E-state index in [9.17, 15) is 4.39 Å². The van der Waals surface area contributed by atoms with E-state index in [1.54, 1.807) is 0 Å². The number of ether oxygens (including phenoxy) is 1. The maximum Gasteiger partial charge on any atom is 0.118 e. The lowest BCUT2D eigenvalue weighted by molar-refractivity contribution is -0.00944. The van der Waals surface area contributed by atoms with Crippen molar-refractivity contribution in [2.45, 2.75) is 18.4 Å². The molecule has 8 heavy (non-hydrogen) atoms. The van der Waals surface area contributed by atoms with Crippen molar-refractivity contribution in [2.24, 2.45) is 0 Å². The summed E-state index contributed by atoms with van der Waals surface area (Å²) < 4.78 is 17.1. The molecule has 0 aromatic rings. The van der Waals surface area contributed by atoms with Crippen LogP contribution in [0.5, 0.6) is 0 Å². The number of fused-ring (bicyclic) bond motifs is 1. The van der Waals surface area contributed by atoms with Gasteiger partial charge in [-0.3, -0.25) is 0 Å². The lowest BCUT2D eigenvalue weighted by Crippen LogP contribution is -2.37. The Kier molecular flexibility index (Phi) is 0.734. The molecule has 2 aliphatic heterocycles. The molecule has 2 bridgehead atoms. The molecule has 3 rings (SSSR count). The van der Waals surface area contributed by atoms with Gasteiger partial charge < -0.3 is 4.74 Å². The molecule has 0 N–H and O–H groups in total. The third-order valence-electron chi connectivity index (χ3n) is 1.97. The molecule has 2 saturated heterocycles. The monoisotopic (exact) mass is 115 g/mol. The van der Waals surface area contributed by atoms with Crippen LogP contribution in [0.1, 0.15) is 12.8 Å². The predicted molar refractivity (Wildman–Crippen MR) is 27.1 cm³/mol. The molecule has 0 aromatic heterocycles. The van der Waals surface area contributed by atoms with Crippen LogP contribution in [0.15, 0.2) is 0 Å². The van der Waals surface area contributed by atoms with Crippen molar-refractivity contribution in [3.05, 3.63) is 5.92 Å². The number of halogens is 1. The minimum Gasteiger partial charge on any atom is -0.372 e. The highest BCUT2D eigenvalue weighted by Crippen LogP contribution is 2.49. The summed E-state index contributed by atoms with van der Waals surface area (Å²) in [5.41, 5.74) is -0.324. The van der Waals surface area contributed by atoms with Gasteiger partial charge in [-0.2, -0.15) is 0 Å². The summed E-state index contributed by atoms with van der Waals surface area (Å²) in [5, 5.41) is 0. The molecule has 1 aliphatic carbocycles. The summed E-state index contributed by atoms with van der Waals surface area (Å²) in [4.78, 5) is 0. The molecule has 0 aromatic carbocycles. The van der Waals surface area contributed by atoms with E-state index in [4.69, 9.17) is 4.74 Å². The van der Waals surface area contributed by atoms with Crippen LogP contribution in [-0.4, -0.2) is 18.9 Å². The van der Waals surface area contributed by atoms with Gasteiger partial charge >= 0.3 is 0 Å². The third kappa shape index (κ3) is 0.395. The molecule has 1 nitrogen and oxygen atoms in total. The fourth-order valence-corrected chi connectivity index (χ4v) is 1.45. The first kappa shape index (κ1) is 4.74. The molecule has 0 atom stereocenters. The molecule has 2 heteroatoms. The zero-order chi connectivity index (χ0) is 5.61. The fraction of sp³-hybridized carbons (Fsp3) is 0.833. The Labute approximate surface area is 47.8 Å². The highest BCUT2D eigenvalue weighted by molar-refractivity contribution is 5.19. The van der Waals surface area contributed by atoms with E-state index in [1.807, 2.05) is 0 Å². The fourth-order valence-electron chi connectivity index (χ4n) is 1.45. The largest absolute Gasteiger partial charge is 0.372 e. The summed E-state index contributed by atoms with van der Waals surface area (Å²) in [7, 11) is 0. The lowest BCUT2D eigenvalue weighted by Gasteiger charge is -2.32. The van der Waals surface area contributed by atoms with Gasteiger partial charge in [-0.15, -0.1) is 0 Å². The average Bonchev–Trinajstić information content (AvgIpc) is 2.17. The summed E-state index contributed by atoms with van der Waals surface area (Å²) in [5.74, 6) is 1.39. The van der Waals surface area contributed by atoms with Crippen molar-refractivity contribution in [1.82, 2.24) is 0 Å². The van der Waals surface area contributed by atoms with Crippen LogP contribution in [-0.2, 0) is 4.74 Å². The topological polar surface area (TPSA) is 9.23 Å². The molecular formula is C6H8FO. The third-order valence-corrected chi connectivity index (χ3v) is 1.97. The molecule has 0 unspecified atom stereocenters. The van der Waals surface area contributed by atoms with Crippen molar-refractivity contribution in [1.29, 1.82) is 0 Å². The predicted octanol–water partition coefficient (Wildman–Crippen LogP) is 1.09. The molecule has 45 valence electrons. The molecule has 1 saturated carbocycles. The lowest BCUT2D eigenvalue weighted by atomic mass is 9.76. The molecule has 2 heterocycles. The van der Waals surface area contributed by atoms with Gasteiger partial charge in [0.05, 0.1) is 12.2 Å². The van der Waals surface area contributed by atoms with Gasteiger partial charge in [-0.05, 0) is 12.8 Å². The van der Waals surface area contributed by atoms with E-state index in [1.165, 1.54) is 5.92 Å². The molecule has 3 fully saturated rings. The Hall–Kier alpha value is -0.110.